The fraction of sp³-hybridized carbons (Fsp3) is 0.423. The predicted molar refractivity (Wildman–Crippen MR) is 126 cm³/mol. The van der Waals surface area contributed by atoms with Crippen molar-refractivity contribution in [3.05, 3.63) is 64.2 Å². The average molecular weight is 434 g/mol. The Bertz CT molecular complexity index is 1020. The quantitative estimate of drug-likeness (QED) is 0.538. The topological polar surface area (TPSA) is 56.5 Å². The number of carbonyl (C=O) groups is 1. The van der Waals surface area contributed by atoms with Gasteiger partial charge in [-0.3, -0.25) is 4.79 Å². The summed E-state index contributed by atoms with van der Waals surface area (Å²) >= 11 is 6.30. The van der Waals surface area contributed by atoms with Gasteiger partial charge < -0.3 is 4.90 Å². The first-order chi connectivity index (χ1) is 15.0. The van der Waals surface area contributed by atoms with Gasteiger partial charge in [-0.15, -0.1) is 0 Å². The third-order valence-electron chi connectivity index (χ3n) is 6.32. The molecule has 2 fully saturated rings. The Kier molecular flexibility index (Phi) is 6.43. The normalized spacial score (nSPS) is 18.5. The fourth-order valence-corrected chi connectivity index (χ4v) is 4.59. The number of carbonyl (C=O) groups excluding carboxylic acids is 1. The van der Waals surface area contributed by atoms with E-state index in [2.05, 4.69) is 29.8 Å². The van der Waals surface area contributed by atoms with Gasteiger partial charge in [0.15, 0.2) is 0 Å². The van der Waals surface area contributed by atoms with Crippen LogP contribution in [0.5, 0.6) is 0 Å². The number of anilines is 1. The van der Waals surface area contributed by atoms with Gasteiger partial charge in [-0.1, -0.05) is 37.6 Å². The van der Waals surface area contributed by atoms with Crippen LogP contribution in [-0.2, 0) is 0 Å². The first kappa shape index (κ1) is 21.6. The first-order valence-corrected chi connectivity index (χ1v) is 11.5. The molecule has 2 saturated carbocycles. The van der Waals surface area contributed by atoms with Crippen LogP contribution in [0.1, 0.15) is 79.8 Å². The maximum atomic E-state index is 12.6. The number of nitrogens with zero attached hydrogens (tertiary/aromatic N) is 3. The molecule has 2 aliphatic carbocycles. The zero-order valence-corrected chi connectivity index (χ0v) is 18.9. The Hall–Kier alpha value is -2.64. The van der Waals surface area contributed by atoms with E-state index in [-0.39, 0.29) is 5.91 Å². The summed E-state index contributed by atoms with van der Waals surface area (Å²) < 4.78 is 0. The molecule has 0 aliphatic heterocycles. The van der Waals surface area contributed by atoms with Crippen molar-refractivity contribution in [2.75, 3.05) is 4.90 Å². The Balaban J connectivity index is 1.42. The molecule has 2 aliphatic rings. The summed E-state index contributed by atoms with van der Waals surface area (Å²) in [7, 11) is 0. The number of nitriles is 1. The van der Waals surface area contributed by atoms with Crippen LogP contribution in [0.15, 0.2) is 47.5 Å². The van der Waals surface area contributed by atoms with Gasteiger partial charge in [0, 0.05) is 29.0 Å². The molecular formula is C26H28ClN3O. The summed E-state index contributed by atoms with van der Waals surface area (Å²) in [5.41, 5.74) is 4.50. The lowest BCUT2D eigenvalue weighted by atomic mass is 9.91. The minimum Gasteiger partial charge on any atom is -0.365 e. The maximum absolute atomic E-state index is 12.6. The van der Waals surface area contributed by atoms with Crippen LogP contribution in [0.25, 0.3) is 0 Å². The number of benzene rings is 2. The van der Waals surface area contributed by atoms with Crippen molar-refractivity contribution >= 4 is 28.9 Å². The summed E-state index contributed by atoms with van der Waals surface area (Å²) in [6, 6.07) is 16.7. The second-order valence-electron chi connectivity index (χ2n) is 8.91. The predicted octanol–water partition coefficient (Wildman–Crippen LogP) is 6.53. The van der Waals surface area contributed by atoms with Crippen LogP contribution in [0.3, 0.4) is 0 Å². The van der Waals surface area contributed by atoms with Crippen LogP contribution in [0.2, 0.25) is 5.02 Å². The summed E-state index contributed by atoms with van der Waals surface area (Å²) in [5.74, 6) is 0.313. The molecule has 5 heteroatoms. The summed E-state index contributed by atoms with van der Waals surface area (Å²) in [5, 5.41) is 9.66. The van der Waals surface area contributed by atoms with E-state index in [9.17, 15) is 4.79 Å². The molecule has 160 valence electrons. The van der Waals surface area contributed by atoms with Gasteiger partial charge in [-0.2, -0.15) is 5.26 Å². The van der Waals surface area contributed by atoms with Crippen molar-refractivity contribution in [1.29, 1.82) is 5.26 Å². The minimum absolute atomic E-state index is 0.137. The lowest BCUT2D eigenvalue weighted by Gasteiger charge is -2.37. The van der Waals surface area contributed by atoms with Gasteiger partial charge in [-0.05, 0) is 80.3 Å². The van der Waals surface area contributed by atoms with Crippen molar-refractivity contribution in [2.45, 2.75) is 70.4 Å². The molecule has 0 aromatic heterocycles. The Labute approximate surface area is 189 Å². The van der Waals surface area contributed by atoms with E-state index in [0.717, 1.165) is 37.1 Å². The van der Waals surface area contributed by atoms with Gasteiger partial charge in [0.2, 0.25) is 0 Å². The Morgan fingerprint density at radius 2 is 1.71 bits per heavy atom. The average Bonchev–Trinajstić information content (AvgIpc) is 3.60. The largest absolute Gasteiger partial charge is 0.365 e. The molecule has 4 nitrogen and oxygen atoms in total. The monoisotopic (exact) mass is 433 g/mol. The minimum atomic E-state index is -0.137. The Morgan fingerprint density at radius 3 is 2.26 bits per heavy atom. The van der Waals surface area contributed by atoms with Gasteiger partial charge in [0.25, 0.3) is 5.91 Å². The molecule has 1 amide bonds. The summed E-state index contributed by atoms with van der Waals surface area (Å²) in [4.78, 5) is 19.5. The smallest absolute Gasteiger partial charge is 0.276 e. The molecule has 31 heavy (non-hydrogen) atoms. The first-order valence-electron chi connectivity index (χ1n) is 11.1. The number of halogens is 1. The number of aliphatic imine (C=N–C) groups is 1. The van der Waals surface area contributed by atoms with Gasteiger partial charge >= 0.3 is 0 Å². The van der Waals surface area contributed by atoms with Gasteiger partial charge in [-0.25, -0.2) is 4.99 Å². The van der Waals surface area contributed by atoms with E-state index in [4.69, 9.17) is 16.9 Å². The lowest BCUT2D eigenvalue weighted by Crippen LogP contribution is -2.40. The lowest BCUT2D eigenvalue weighted by molar-refractivity contribution is 0.100. The molecule has 0 heterocycles. The highest BCUT2D eigenvalue weighted by atomic mass is 35.5. The van der Waals surface area contributed by atoms with E-state index in [1.165, 1.54) is 18.4 Å². The molecule has 0 atom stereocenters. The molecule has 0 unspecified atom stereocenters. The number of amides is 1. The van der Waals surface area contributed by atoms with Crippen molar-refractivity contribution in [2.24, 2.45) is 4.99 Å². The second-order valence-corrected chi connectivity index (χ2v) is 9.31. The van der Waals surface area contributed by atoms with E-state index >= 15 is 0 Å². The molecule has 2 aromatic carbocycles. The van der Waals surface area contributed by atoms with Crippen molar-refractivity contribution in [3.8, 4) is 6.07 Å². The van der Waals surface area contributed by atoms with Crippen LogP contribution >= 0.6 is 11.6 Å². The third kappa shape index (κ3) is 4.99. The van der Waals surface area contributed by atoms with Crippen LogP contribution in [0.4, 0.5) is 5.69 Å². The molecule has 0 saturated heterocycles. The summed E-state index contributed by atoms with van der Waals surface area (Å²) in [6.45, 7) is 4.29. The molecule has 0 spiro atoms. The SMILES string of the molecule is CC(C)c1ccc(C(=O)N=C2CCC(N(c3ccc(C#N)c(Cl)c3)C3CC3)CC2)cc1. The highest BCUT2D eigenvalue weighted by Crippen LogP contribution is 2.38. The molecule has 0 bridgehead atoms. The van der Waals surface area contributed by atoms with Gasteiger partial charge in [0.05, 0.1) is 10.6 Å². The Morgan fingerprint density at radius 1 is 1.06 bits per heavy atom. The third-order valence-corrected chi connectivity index (χ3v) is 6.63. The standard InChI is InChI=1S/C26H28ClN3O/c1-17(2)18-3-5-19(6-4-18)26(31)29-21-8-11-22(12-9-21)30(23-13-14-23)24-10-7-20(16-28)25(27)15-24/h3-7,10,15,17,22-23H,8-9,11-14H2,1-2H3. The molecule has 4 rings (SSSR count). The zero-order valence-electron chi connectivity index (χ0n) is 18.1. The van der Waals surface area contributed by atoms with E-state index in [1.54, 1.807) is 0 Å². The van der Waals surface area contributed by atoms with Crippen molar-refractivity contribution in [1.82, 2.24) is 0 Å². The molecule has 0 N–H and O–H groups in total. The van der Waals surface area contributed by atoms with E-state index < -0.39 is 0 Å². The van der Waals surface area contributed by atoms with E-state index in [0.29, 0.717) is 34.2 Å². The highest BCUT2D eigenvalue weighted by Gasteiger charge is 2.35. The molecular weight excluding hydrogens is 406 g/mol. The van der Waals surface area contributed by atoms with Crippen LogP contribution in [-0.4, -0.2) is 23.7 Å². The number of hydrogen-bond donors (Lipinski definition) is 0. The van der Waals surface area contributed by atoms with Crippen LogP contribution in [0, 0.1) is 11.3 Å². The molecule has 0 radical (unpaired) electrons. The fourth-order valence-electron chi connectivity index (χ4n) is 4.37. The van der Waals surface area contributed by atoms with Crippen molar-refractivity contribution in [3.63, 3.8) is 0 Å². The second kappa shape index (κ2) is 9.24. The van der Waals surface area contributed by atoms with Crippen LogP contribution < -0.4 is 4.90 Å². The van der Waals surface area contributed by atoms with Crippen molar-refractivity contribution < 1.29 is 4.79 Å². The zero-order chi connectivity index (χ0) is 22.0. The number of rotatable bonds is 5. The van der Waals surface area contributed by atoms with Gasteiger partial charge in [0.1, 0.15) is 6.07 Å². The summed E-state index contributed by atoms with van der Waals surface area (Å²) in [6.07, 6.45) is 6.03. The molecule has 2 aromatic rings. The highest BCUT2D eigenvalue weighted by molar-refractivity contribution is 6.32. The van der Waals surface area contributed by atoms with E-state index in [1.807, 2.05) is 42.5 Å². The number of hydrogen-bond acceptors (Lipinski definition) is 3. The maximum Gasteiger partial charge on any atom is 0.276 e.